The Balaban J connectivity index is 2.51. The summed E-state index contributed by atoms with van der Waals surface area (Å²) >= 11 is 3.47. The van der Waals surface area contributed by atoms with Crippen LogP contribution < -0.4 is 9.47 Å². The molecule has 1 aromatic carbocycles. The Kier molecular flexibility index (Phi) is 3.57. The second kappa shape index (κ2) is 4.96. The standard InChI is InChI=1S/C12H13BrO4/c1-2-8-7(6-10(14)15)5-9-12(11(8)13)17-4-3-16-9/h5H,2-4,6H2,1H3,(H,14,15). The smallest absolute Gasteiger partial charge is 0.307 e. The van der Waals surface area contributed by atoms with Gasteiger partial charge in [-0.3, -0.25) is 4.79 Å². The van der Waals surface area contributed by atoms with Crippen molar-refractivity contribution in [2.24, 2.45) is 0 Å². The van der Waals surface area contributed by atoms with Crippen LogP contribution in [0, 0.1) is 0 Å². The molecule has 2 rings (SSSR count). The van der Waals surface area contributed by atoms with Gasteiger partial charge in [-0.25, -0.2) is 0 Å². The van der Waals surface area contributed by atoms with E-state index in [1.54, 1.807) is 6.07 Å². The van der Waals surface area contributed by atoms with Gasteiger partial charge in [0.25, 0.3) is 0 Å². The molecule has 0 spiro atoms. The van der Waals surface area contributed by atoms with Crippen molar-refractivity contribution < 1.29 is 19.4 Å². The number of hydrogen-bond donors (Lipinski definition) is 1. The van der Waals surface area contributed by atoms with Crippen LogP contribution in [0.4, 0.5) is 0 Å². The van der Waals surface area contributed by atoms with Crippen LogP contribution in [0.5, 0.6) is 11.5 Å². The lowest BCUT2D eigenvalue weighted by Gasteiger charge is -2.22. The third kappa shape index (κ3) is 2.39. The lowest BCUT2D eigenvalue weighted by Crippen LogP contribution is -2.17. The molecule has 0 atom stereocenters. The minimum atomic E-state index is -0.844. The molecular formula is C12H13BrO4. The molecule has 0 aromatic heterocycles. The van der Waals surface area contributed by atoms with Crippen LogP contribution in [0.25, 0.3) is 0 Å². The van der Waals surface area contributed by atoms with Crippen molar-refractivity contribution in [2.45, 2.75) is 19.8 Å². The second-order valence-electron chi connectivity index (χ2n) is 3.78. The van der Waals surface area contributed by atoms with E-state index in [2.05, 4.69) is 15.9 Å². The van der Waals surface area contributed by atoms with Crippen LogP contribution in [0.15, 0.2) is 10.5 Å². The highest BCUT2D eigenvalue weighted by molar-refractivity contribution is 9.10. The predicted octanol–water partition coefficient (Wildman–Crippen LogP) is 2.41. The van der Waals surface area contributed by atoms with E-state index >= 15 is 0 Å². The normalized spacial score (nSPS) is 13.5. The summed E-state index contributed by atoms with van der Waals surface area (Å²) in [4.78, 5) is 10.8. The van der Waals surface area contributed by atoms with Crippen LogP contribution in [-0.2, 0) is 17.6 Å². The molecule has 1 aliphatic heterocycles. The topological polar surface area (TPSA) is 55.8 Å². The molecule has 4 nitrogen and oxygen atoms in total. The molecule has 0 fully saturated rings. The number of carbonyl (C=O) groups is 1. The second-order valence-corrected chi connectivity index (χ2v) is 4.57. The van der Waals surface area contributed by atoms with E-state index in [9.17, 15) is 4.79 Å². The Morgan fingerprint density at radius 1 is 1.47 bits per heavy atom. The number of ether oxygens (including phenoxy) is 2. The van der Waals surface area contributed by atoms with Crippen molar-refractivity contribution in [1.29, 1.82) is 0 Å². The molecule has 0 saturated heterocycles. The zero-order valence-corrected chi connectivity index (χ0v) is 11.0. The van der Waals surface area contributed by atoms with E-state index in [4.69, 9.17) is 14.6 Å². The summed E-state index contributed by atoms with van der Waals surface area (Å²) in [5.41, 5.74) is 1.74. The number of rotatable bonds is 3. The van der Waals surface area contributed by atoms with Crippen molar-refractivity contribution in [3.8, 4) is 11.5 Å². The average Bonchev–Trinajstić information content (AvgIpc) is 2.29. The van der Waals surface area contributed by atoms with Gasteiger partial charge in [0.15, 0.2) is 11.5 Å². The Morgan fingerprint density at radius 3 is 2.82 bits per heavy atom. The van der Waals surface area contributed by atoms with Gasteiger partial charge in [-0.1, -0.05) is 6.92 Å². The van der Waals surface area contributed by atoms with Gasteiger partial charge in [-0.15, -0.1) is 0 Å². The lowest BCUT2D eigenvalue weighted by molar-refractivity contribution is -0.136. The molecule has 5 heteroatoms. The Morgan fingerprint density at radius 2 is 2.18 bits per heavy atom. The fraction of sp³-hybridized carbons (Fsp3) is 0.417. The Hall–Kier alpha value is -1.23. The van der Waals surface area contributed by atoms with Crippen LogP contribution in [0.1, 0.15) is 18.1 Å². The molecule has 0 saturated carbocycles. The number of aliphatic carboxylic acids is 1. The van der Waals surface area contributed by atoms with Gasteiger partial charge < -0.3 is 14.6 Å². The van der Waals surface area contributed by atoms with Crippen LogP contribution in [0.2, 0.25) is 0 Å². The first-order chi connectivity index (χ1) is 8.13. The van der Waals surface area contributed by atoms with Gasteiger partial charge in [-0.2, -0.15) is 0 Å². The van der Waals surface area contributed by atoms with Crippen LogP contribution >= 0.6 is 15.9 Å². The zero-order valence-electron chi connectivity index (χ0n) is 9.46. The van der Waals surface area contributed by atoms with E-state index in [1.807, 2.05) is 6.92 Å². The highest BCUT2D eigenvalue weighted by atomic mass is 79.9. The van der Waals surface area contributed by atoms with Gasteiger partial charge in [0.2, 0.25) is 0 Å². The predicted molar refractivity (Wildman–Crippen MR) is 65.8 cm³/mol. The highest BCUT2D eigenvalue weighted by Gasteiger charge is 2.21. The van der Waals surface area contributed by atoms with Crippen LogP contribution in [-0.4, -0.2) is 24.3 Å². The van der Waals surface area contributed by atoms with Crippen molar-refractivity contribution in [2.75, 3.05) is 13.2 Å². The van der Waals surface area contributed by atoms with E-state index in [0.29, 0.717) is 24.7 Å². The maximum Gasteiger partial charge on any atom is 0.307 e. The number of carboxylic acids is 1. The van der Waals surface area contributed by atoms with Gasteiger partial charge in [0, 0.05) is 0 Å². The van der Waals surface area contributed by atoms with E-state index in [-0.39, 0.29) is 6.42 Å². The molecule has 92 valence electrons. The van der Waals surface area contributed by atoms with Gasteiger partial charge >= 0.3 is 5.97 Å². The summed E-state index contributed by atoms with van der Waals surface area (Å²) in [5, 5.41) is 8.89. The van der Waals surface area contributed by atoms with Crippen molar-refractivity contribution in [1.82, 2.24) is 0 Å². The number of fused-ring (bicyclic) bond motifs is 1. The van der Waals surface area contributed by atoms with Crippen LogP contribution in [0.3, 0.4) is 0 Å². The molecular weight excluding hydrogens is 288 g/mol. The van der Waals surface area contributed by atoms with Gasteiger partial charge in [-0.05, 0) is 39.5 Å². The van der Waals surface area contributed by atoms with E-state index < -0.39 is 5.97 Å². The number of halogens is 1. The number of hydrogen-bond acceptors (Lipinski definition) is 3. The SMILES string of the molecule is CCc1c(CC(=O)O)cc2c(c1Br)OCCO2. The summed E-state index contributed by atoms with van der Waals surface area (Å²) in [6, 6.07) is 1.77. The number of carboxylic acid groups (broad SMARTS) is 1. The Labute approximate surface area is 108 Å². The molecule has 1 N–H and O–H groups in total. The fourth-order valence-corrected chi connectivity index (χ4v) is 2.78. The van der Waals surface area contributed by atoms with Crippen molar-refractivity contribution in [3.05, 3.63) is 21.7 Å². The molecule has 0 aliphatic carbocycles. The number of benzene rings is 1. The first-order valence-corrected chi connectivity index (χ1v) is 6.24. The average molecular weight is 301 g/mol. The highest BCUT2D eigenvalue weighted by Crippen LogP contribution is 2.41. The molecule has 1 aliphatic rings. The molecule has 0 unspecified atom stereocenters. The minimum Gasteiger partial charge on any atom is -0.486 e. The zero-order chi connectivity index (χ0) is 12.4. The summed E-state index contributed by atoms with van der Waals surface area (Å²) in [6.45, 7) is 3.01. The largest absolute Gasteiger partial charge is 0.486 e. The van der Waals surface area contributed by atoms with Gasteiger partial charge in [0.05, 0.1) is 10.9 Å². The summed E-state index contributed by atoms with van der Waals surface area (Å²) in [7, 11) is 0. The maximum atomic E-state index is 10.8. The molecule has 0 radical (unpaired) electrons. The summed E-state index contributed by atoms with van der Waals surface area (Å²) in [5.74, 6) is 0.460. The Bertz CT molecular complexity index is 456. The molecule has 0 bridgehead atoms. The third-order valence-corrected chi connectivity index (χ3v) is 3.50. The first-order valence-electron chi connectivity index (χ1n) is 5.45. The summed E-state index contributed by atoms with van der Waals surface area (Å²) < 4.78 is 11.8. The molecule has 1 aromatic rings. The molecule has 17 heavy (non-hydrogen) atoms. The van der Waals surface area contributed by atoms with Gasteiger partial charge in [0.1, 0.15) is 13.2 Å². The third-order valence-electron chi connectivity index (χ3n) is 2.66. The molecule has 1 heterocycles. The van der Waals surface area contributed by atoms with Crippen molar-refractivity contribution in [3.63, 3.8) is 0 Å². The fourth-order valence-electron chi connectivity index (χ4n) is 1.94. The lowest BCUT2D eigenvalue weighted by atomic mass is 10.0. The first kappa shape index (κ1) is 12.2. The maximum absolute atomic E-state index is 10.8. The minimum absolute atomic E-state index is 0.00157. The quantitative estimate of drug-likeness (QED) is 0.931. The summed E-state index contributed by atoms with van der Waals surface area (Å²) in [6.07, 6.45) is 0.748. The molecule has 0 amide bonds. The van der Waals surface area contributed by atoms with Crippen molar-refractivity contribution >= 4 is 21.9 Å². The van der Waals surface area contributed by atoms with E-state index in [0.717, 1.165) is 22.0 Å². The van der Waals surface area contributed by atoms with E-state index in [1.165, 1.54) is 0 Å². The monoisotopic (exact) mass is 300 g/mol.